The van der Waals surface area contributed by atoms with Crippen molar-refractivity contribution in [3.05, 3.63) is 34.3 Å². The van der Waals surface area contributed by atoms with E-state index in [-0.39, 0.29) is 5.41 Å². The molecular weight excluding hydrogens is 290 g/mol. The van der Waals surface area contributed by atoms with Crippen LogP contribution in [0, 0.1) is 5.41 Å². The molecule has 100 valence electrons. The fourth-order valence-electron chi connectivity index (χ4n) is 3.05. The number of aliphatic hydroxyl groups is 1. The standard InChI is InChI=1S/C15H22BrNO/c16-13-8-4-3-7-12(13)14(18)15(11-17)9-5-1-2-6-10-15/h3-4,7-8,14,18H,1-2,5-6,9-11,17H2. The Kier molecular flexibility index (Phi) is 4.82. The van der Waals surface area contributed by atoms with E-state index in [2.05, 4.69) is 15.9 Å². The first kappa shape index (κ1) is 14.0. The lowest BCUT2D eigenvalue weighted by Crippen LogP contribution is -2.36. The van der Waals surface area contributed by atoms with Crippen LogP contribution in [0.2, 0.25) is 0 Å². The molecule has 1 aliphatic rings. The van der Waals surface area contributed by atoms with Gasteiger partial charge in [-0.25, -0.2) is 0 Å². The second-order valence-corrected chi connectivity index (χ2v) is 6.26. The van der Waals surface area contributed by atoms with E-state index in [9.17, 15) is 5.11 Å². The molecule has 3 heteroatoms. The first-order valence-electron chi connectivity index (χ1n) is 6.82. The predicted octanol–water partition coefficient (Wildman–Crippen LogP) is 3.78. The van der Waals surface area contributed by atoms with Crippen molar-refractivity contribution in [2.75, 3.05) is 6.54 Å². The van der Waals surface area contributed by atoms with E-state index in [0.717, 1.165) is 22.9 Å². The summed E-state index contributed by atoms with van der Waals surface area (Å²) in [7, 11) is 0. The van der Waals surface area contributed by atoms with Gasteiger partial charge in [0.15, 0.2) is 0 Å². The summed E-state index contributed by atoms with van der Waals surface area (Å²) in [4.78, 5) is 0. The van der Waals surface area contributed by atoms with Crippen molar-refractivity contribution in [2.24, 2.45) is 11.1 Å². The number of hydrogen-bond donors (Lipinski definition) is 2. The normalized spacial score (nSPS) is 21.3. The van der Waals surface area contributed by atoms with Gasteiger partial charge in [-0.3, -0.25) is 0 Å². The molecule has 1 saturated carbocycles. The van der Waals surface area contributed by atoms with Gasteiger partial charge in [0.2, 0.25) is 0 Å². The van der Waals surface area contributed by atoms with Crippen molar-refractivity contribution in [1.82, 2.24) is 0 Å². The molecule has 0 saturated heterocycles. The Morgan fingerprint density at radius 2 is 1.78 bits per heavy atom. The number of halogens is 1. The average molecular weight is 312 g/mol. The van der Waals surface area contributed by atoms with Gasteiger partial charge in [0, 0.05) is 16.4 Å². The summed E-state index contributed by atoms with van der Waals surface area (Å²) in [6, 6.07) is 7.93. The van der Waals surface area contributed by atoms with E-state index in [1.165, 1.54) is 25.7 Å². The summed E-state index contributed by atoms with van der Waals surface area (Å²) >= 11 is 3.54. The minimum absolute atomic E-state index is 0.139. The Bertz CT molecular complexity index is 386. The van der Waals surface area contributed by atoms with Crippen molar-refractivity contribution in [3.8, 4) is 0 Å². The van der Waals surface area contributed by atoms with Crippen LogP contribution in [-0.2, 0) is 0 Å². The Morgan fingerprint density at radius 3 is 2.33 bits per heavy atom. The molecule has 0 heterocycles. The van der Waals surface area contributed by atoms with Crippen LogP contribution in [0.4, 0.5) is 0 Å². The second kappa shape index (κ2) is 6.18. The van der Waals surface area contributed by atoms with Crippen molar-refractivity contribution in [2.45, 2.75) is 44.6 Å². The third-order valence-corrected chi connectivity index (χ3v) is 5.01. The lowest BCUT2D eigenvalue weighted by molar-refractivity contribution is 0.0161. The molecule has 0 spiro atoms. The number of benzene rings is 1. The van der Waals surface area contributed by atoms with Crippen LogP contribution in [-0.4, -0.2) is 11.7 Å². The monoisotopic (exact) mass is 311 g/mol. The van der Waals surface area contributed by atoms with E-state index >= 15 is 0 Å². The summed E-state index contributed by atoms with van der Waals surface area (Å²) in [5.74, 6) is 0. The van der Waals surface area contributed by atoms with Gasteiger partial charge in [-0.2, -0.15) is 0 Å². The average Bonchev–Trinajstić information content (AvgIpc) is 2.65. The van der Waals surface area contributed by atoms with Gasteiger partial charge in [-0.05, 0) is 24.5 Å². The zero-order chi connectivity index (χ0) is 13.0. The van der Waals surface area contributed by atoms with Crippen LogP contribution in [0.15, 0.2) is 28.7 Å². The molecule has 0 amide bonds. The molecule has 2 rings (SSSR count). The highest BCUT2D eigenvalue weighted by Crippen LogP contribution is 2.45. The summed E-state index contributed by atoms with van der Waals surface area (Å²) < 4.78 is 0.981. The highest BCUT2D eigenvalue weighted by molar-refractivity contribution is 9.10. The van der Waals surface area contributed by atoms with Crippen LogP contribution < -0.4 is 5.73 Å². The molecule has 3 N–H and O–H groups in total. The molecule has 0 aliphatic heterocycles. The summed E-state index contributed by atoms with van der Waals surface area (Å²) in [6.45, 7) is 0.565. The number of rotatable bonds is 3. The van der Waals surface area contributed by atoms with Gasteiger partial charge in [-0.1, -0.05) is 59.8 Å². The Hall–Kier alpha value is -0.380. The van der Waals surface area contributed by atoms with Crippen molar-refractivity contribution in [1.29, 1.82) is 0 Å². The summed E-state index contributed by atoms with van der Waals surface area (Å²) in [5.41, 5.74) is 6.86. The van der Waals surface area contributed by atoms with Crippen LogP contribution >= 0.6 is 15.9 Å². The second-order valence-electron chi connectivity index (χ2n) is 5.40. The lowest BCUT2D eigenvalue weighted by atomic mass is 9.73. The largest absolute Gasteiger partial charge is 0.388 e. The topological polar surface area (TPSA) is 46.2 Å². The minimum Gasteiger partial charge on any atom is -0.388 e. The molecule has 1 atom stereocenters. The molecule has 2 nitrogen and oxygen atoms in total. The fourth-order valence-corrected chi connectivity index (χ4v) is 3.55. The zero-order valence-corrected chi connectivity index (χ0v) is 12.3. The number of nitrogens with two attached hydrogens (primary N) is 1. The zero-order valence-electron chi connectivity index (χ0n) is 10.7. The molecule has 0 bridgehead atoms. The maximum atomic E-state index is 10.8. The highest BCUT2D eigenvalue weighted by Gasteiger charge is 2.38. The summed E-state index contributed by atoms with van der Waals surface area (Å²) in [5, 5.41) is 10.8. The molecule has 0 radical (unpaired) electrons. The molecule has 18 heavy (non-hydrogen) atoms. The molecule has 1 aromatic carbocycles. The Balaban J connectivity index is 2.28. The van der Waals surface area contributed by atoms with E-state index in [4.69, 9.17) is 5.73 Å². The highest BCUT2D eigenvalue weighted by atomic mass is 79.9. The maximum absolute atomic E-state index is 10.8. The van der Waals surface area contributed by atoms with Gasteiger partial charge >= 0.3 is 0 Å². The van der Waals surface area contributed by atoms with Crippen LogP contribution in [0.1, 0.15) is 50.2 Å². The Labute approximate surface area is 118 Å². The van der Waals surface area contributed by atoms with Crippen molar-refractivity contribution < 1.29 is 5.11 Å². The molecule has 0 aromatic heterocycles. The molecular formula is C15H22BrNO. The van der Waals surface area contributed by atoms with Gasteiger partial charge in [-0.15, -0.1) is 0 Å². The first-order valence-corrected chi connectivity index (χ1v) is 7.61. The number of hydrogen-bond acceptors (Lipinski definition) is 2. The molecule has 1 fully saturated rings. The third kappa shape index (κ3) is 2.79. The van der Waals surface area contributed by atoms with E-state index in [0.29, 0.717) is 6.54 Å². The van der Waals surface area contributed by atoms with Gasteiger partial charge in [0.05, 0.1) is 6.10 Å². The molecule has 1 aromatic rings. The maximum Gasteiger partial charge on any atom is 0.0869 e. The fraction of sp³-hybridized carbons (Fsp3) is 0.600. The third-order valence-electron chi connectivity index (χ3n) is 4.29. The van der Waals surface area contributed by atoms with Crippen molar-refractivity contribution >= 4 is 15.9 Å². The predicted molar refractivity (Wildman–Crippen MR) is 78.3 cm³/mol. The van der Waals surface area contributed by atoms with Gasteiger partial charge in [0.25, 0.3) is 0 Å². The van der Waals surface area contributed by atoms with Gasteiger partial charge in [0.1, 0.15) is 0 Å². The Morgan fingerprint density at radius 1 is 1.17 bits per heavy atom. The van der Waals surface area contributed by atoms with E-state index in [1.807, 2.05) is 24.3 Å². The quantitative estimate of drug-likeness (QED) is 0.834. The van der Waals surface area contributed by atoms with Crippen LogP contribution in [0.3, 0.4) is 0 Å². The SMILES string of the molecule is NCC1(C(O)c2ccccc2Br)CCCCCC1. The minimum atomic E-state index is -0.462. The van der Waals surface area contributed by atoms with Gasteiger partial charge < -0.3 is 10.8 Å². The van der Waals surface area contributed by atoms with Crippen LogP contribution in [0.25, 0.3) is 0 Å². The van der Waals surface area contributed by atoms with E-state index in [1.54, 1.807) is 0 Å². The smallest absolute Gasteiger partial charge is 0.0869 e. The first-order chi connectivity index (χ1) is 8.69. The number of aliphatic hydroxyl groups excluding tert-OH is 1. The lowest BCUT2D eigenvalue weighted by Gasteiger charge is -2.37. The van der Waals surface area contributed by atoms with Crippen molar-refractivity contribution in [3.63, 3.8) is 0 Å². The van der Waals surface area contributed by atoms with Crippen LogP contribution in [0.5, 0.6) is 0 Å². The molecule has 1 aliphatic carbocycles. The summed E-state index contributed by atoms with van der Waals surface area (Å²) in [6.07, 6.45) is 6.50. The van der Waals surface area contributed by atoms with E-state index < -0.39 is 6.10 Å². The molecule has 1 unspecified atom stereocenters.